The van der Waals surface area contributed by atoms with E-state index in [1.54, 1.807) is 11.0 Å². The Bertz CT molecular complexity index is 128. The lowest BCUT2D eigenvalue weighted by molar-refractivity contribution is 0.532. The van der Waals surface area contributed by atoms with E-state index in [0.29, 0.717) is 5.70 Å². The van der Waals surface area contributed by atoms with Gasteiger partial charge in [-0.3, -0.25) is 0 Å². The molecule has 0 amide bonds. The molecule has 0 aromatic carbocycles. The highest BCUT2D eigenvalue weighted by atomic mass is 15.1. The molecule has 0 atom stereocenters. The van der Waals surface area contributed by atoms with E-state index in [-0.39, 0.29) is 0 Å². The Kier molecular flexibility index (Phi) is 2.71. The highest BCUT2D eigenvalue weighted by Crippen LogP contribution is 1.92. The summed E-state index contributed by atoms with van der Waals surface area (Å²) in [7, 11) is 3.69. The molecule has 0 fully saturated rings. The van der Waals surface area contributed by atoms with Gasteiger partial charge in [0, 0.05) is 14.1 Å². The molecule has 0 aliphatic carbocycles. The van der Waals surface area contributed by atoms with Gasteiger partial charge in [-0.2, -0.15) is 5.26 Å². The van der Waals surface area contributed by atoms with E-state index in [1.165, 1.54) is 0 Å². The molecule has 0 aromatic heterocycles. The third-order valence-electron chi connectivity index (χ3n) is 0.870. The molecule has 8 heavy (non-hydrogen) atoms. The van der Waals surface area contributed by atoms with Crippen molar-refractivity contribution in [1.82, 2.24) is 4.90 Å². The Morgan fingerprint density at radius 2 is 2.12 bits per heavy atom. The van der Waals surface area contributed by atoms with Crippen molar-refractivity contribution in [3.63, 3.8) is 0 Å². The second kappa shape index (κ2) is 3.09. The number of hydrogen-bond acceptors (Lipinski definition) is 2. The average molecular weight is 110 g/mol. The van der Waals surface area contributed by atoms with Crippen LogP contribution < -0.4 is 0 Å². The fraction of sp³-hybridized carbons (Fsp3) is 0.500. The van der Waals surface area contributed by atoms with Crippen molar-refractivity contribution in [2.75, 3.05) is 14.1 Å². The molecule has 0 rings (SSSR count). The topological polar surface area (TPSA) is 27.0 Å². The molecule has 0 saturated heterocycles. The Labute approximate surface area is 50.0 Å². The van der Waals surface area contributed by atoms with Crippen molar-refractivity contribution in [3.05, 3.63) is 11.8 Å². The first-order chi connectivity index (χ1) is 3.72. The first-order valence-electron chi connectivity index (χ1n) is 2.46. The van der Waals surface area contributed by atoms with E-state index in [0.717, 1.165) is 0 Å². The van der Waals surface area contributed by atoms with Crippen LogP contribution in [-0.2, 0) is 0 Å². The highest BCUT2D eigenvalue weighted by Gasteiger charge is 1.90. The van der Waals surface area contributed by atoms with Gasteiger partial charge in [0.15, 0.2) is 0 Å². The van der Waals surface area contributed by atoms with Crippen molar-refractivity contribution < 1.29 is 0 Å². The number of allylic oxidation sites excluding steroid dienone is 2. The summed E-state index contributed by atoms with van der Waals surface area (Å²) in [5.41, 5.74) is 0.699. The summed E-state index contributed by atoms with van der Waals surface area (Å²) in [5, 5.41) is 8.34. The van der Waals surface area contributed by atoms with Gasteiger partial charge in [0.05, 0.1) is 0 Å². The van der Waals surface area contributed by atoms with Crippen molar-refractivity contribution >= 4 is 0 Å². The SMILES string of the molecule is CC=C(C#N)N(C)C. The lowest BCUT2D eigenvalue weighted by atomic mass is 10.4. The standard InChI is InChI=1S/C6H10N2/c1-4-6(5-7)8(2)3/h4H,1-3H3. The smallest absolute Gasteiger partial charge is 0.117 e. The van der Waals surface area contributed by atoms with Gasteiger partial charge < -0.3 is 4.90 Å². The molecule has 2 heteroatoms. The lowest BCUT2D eigenvalue weighted by Crippen LogP contribution is -2.08. The van der Waals surface area contributed by atoms with E-state index < -0.39 is 0 Å². The largest absolute Gasteiger partial charge is 0.369 e. The van der Waals surface area contributed by atoms with Gasteiger partial charge in [-0.25, -0.2) is 0 Å². The number of rotatable bonds is 1. The highest BCUT2D eigenvalue weighted by molar-refractivity contribution is 5.16. The third-order valence-corrected chi connectivity index (χ3v) is 0.870. The monoisotopic (exact) mass is 110 g/mol. The maximum absolute atomic E-state index is 8.34. The minimum atomic E-state index is 0.699. The first kappa shape index (κ1) is 7.03. The second-order valence-electron chi connectivity index (χ2n) is 1.68. The van der Waals surface area contributed by atoms with Crippen molar-refractivity contribution in [3.8, 4) is 6.07 Å². The van der Waals surface area contributed by atoms with Gasteiger partial charge >= 0.3 is 0 Å². The van der Waals surface area contributed by atoms with Crippen molar-refractivity contribution in [2.45, 2.75) is 6.92 Å². The zero-order chi connectivity index (χ0) is 6.57. The molecular weight excluding hydrogens is 100 g/mol. The zero-order valence-electron chi connectivity index (χ0n) is 5.47. The van der Waals surface area contributed by atoms with Crippen LogP contribution in [-0.4, -0.2) is 19.0 Å². The molecule has 44 valence electrons. The van der Waals surface area contributed by atoms with E-state index >= 15 is 0 Å². The normalized spacial score (nSPS) is 10.5. The Balaban J connectivity index is 3.98. The molecule has 2 nitrogen and oxygen atoms in total. The summed E-state index contributed by atoms with van der Waals surface area (Å²) < 4.78 is 0. The minimum Gasteiger partial charge on any atom is -0.369 e. The van der Waals surface area contributed by atoms with Gasteiger partial charge in [0.2, 0.25) is 0 Å². The van der Waals surface area contributed by atoms with Gasteiger partial charge in [-0.05, 0) is 6.92 Å². The van der Waals surface area contributed by atoms with Gasteiger partial charge in [-0.1, -0.05) is 6.08 Å². The predicted molar refractivity (Wildman–Crippen MR) is 33.1 cm³/mol. The van der Waals surface area contributed by atoms with Crippen LogP contribution in [0.15, 0.2) is 11.8 Å². The molecule has 0 aliphatic heterocycles. The molecular formula is C6H10N2. The summed E-state index contributed by atoms with van der Waals surface area (Å²) in [4.78, 5) is 1.78. The van der Waals surface area contributed by atoms with E-state index in [1.807, 2.05) is 27.1 Å². The zero-order valence-corrected chi connectivity index (χ0v) is 5.47. The first-order valence-corrected chi connectivity index (χ1v) is 2.46. The predicted octanol–water partition coefficient (Wildman–Crippen LogP) is 0.975. The van der Waals surface area contributed by atoms with Gasteiger partial charge in [0.25, 0.3) is 0 Å². The third kappa shape index (κ3) is 1.65. The van der Waals surface area contributed by atoms with Crippen LogP contribution in [0.4, 0.5) is 0 Å². The maximum atomic E-state index is 8.34. The summed E-state index contributed by atoms with van der Waals surface area (Å²) >= 11 is 0. The number of nitriles is 1. The van der Waals surface area contributed by atoms with Crippen LogP contribution in [0.3, 0.4) is 0 Å². The molecule has 0 bridgehead atoms. The van der Waals surface area contributed by atoms with E-state index in [4.69, 9.17) is 5.26 Å². The second-order valence-corrected chi connectivity index (χ2v) is 1.68. The summed E-state index contributed by atoms with van der Waals surface area (Å²) in [6.07, 6.45) is 1.78. The Hall–Kier alpha value is -0.970. The fourth-order valence-corrected chi connectivity index (χ4v) is 0.423. The van der Waals surface area contributed by atoms with Gasteiger partial charge in [0.1, 0.15) is 11.8 Å². The van der Waals surface area contributed by atoms with E-state index in [9.17, 15) is 0 Å². The van der Waals surface area contributed by atoms with Gasteiger partial charge in [-0.15, -0.1) is 0 Å². The van der Waals surface area contributed by atoms with Crippen LogP contribution in [0.1, 0.15) is 6.92 Å². The van der Waals surface area contributed by atoms with Crippen molar-refractivity contribution in [2.24, 2.45) is 0 Å². The molecule has 0 saturated carbocycles. The Morgan fingerprint density at radius 1 is 1.62 bits per heavy atom. The van der Waals surface area contributed by atoms with E-state index in [2.05, 4.69) is 0 Å². The maximum Gasteiger partial charge on any atom is 0.117 e. The number of hydrogen-bond donors (Lipinski definition) is 0. The average Bonchev–Trinajstić information content (AvgIpc) is 1.69. The summed E-state index contributed by atoms with van der Waals surface area (Å²) in [5.74, 6) is 0. The molecule has 0 spiro atoms. The molecule has 0 heterocycles. The summed E-state index contributed by atoms with van der Waals surface area (Å²) in [6.45, 7) is 1.85. The minimum absolute atomic E-state index is 0.699. The van der Waals surface area contributed by atoms with Crippen molar-refractivity contribution in [1.29, 1.82) is 5.26 Å². The van der Waals surface area contributed by atoms with Crippen LogP contribution in [0.5, 0.6) is 0 Å². The Morgan fingerprint density at radius 3 is 2.12 bits per heavy atom. The molecule has 0 aromatic rings. The number of nitrogens with zero attached hydrogens (tertiary/aromatic N) is 2. The molecule has 0 radical (unpaired) electrons. The summed E-state index contributed by atoms with van der Waals surface area (Å²) in [6, 6.07) is 2.04. The van der Waals surface area contributed by atoms with Crippen LogP contribution >= 0.6 is 0 Å². The molecule has 0 aliphatic rings. The molecule has 0 unspecified atom stereocenters. The van der Waals surface area contributed by atoms with Crippen LogP contribution in [0.2, 0.25) is 0 Å². The molecule has 0 N–H and O–H groups in total. The van der Waals surface area contributed by atoms with Crippen LogP contribution in [0, 0.1) is 11.3 Å². The quantitative estimate of drug-likeness (QED) is 0.470. The van der Waals surface area contributed by atoms with Crippen LogP contribution in [0.25, 0.3) is 0 Å². The fourth-order valence-electron chi connectivity index (χ4n) is 0.423. The lowest BCUT2D eigenvalue weighted by Gasteiger charge is -2.07.